The van der Waals surface area contributed by atoms with Crippen molar-refractivity contribution in [2.24, 2.45) is 5.92 Å². The van der Waals surface area contributed by atoms with Gasteiger partial charge in [0, 0.05) is 20.1 Å². The van der Waals surface area contributed by atoms with E-state index in [9.17, 15) is 4.79 Å². The van der Waals surface area contributed by atoms with E-state index >= 15 is 0 Å². The van der Waals surface area contributed by atoms with Gasteiger partial charge in [0.05, 0.1) is 6.61 Å². The van der Waals surface area contributed by atoms with Crippen molar-refractivity contribution in [3.63, 3.8) is 0 Å². The highest BCUT2D eigenvalue weighted by molar-refractivity contribution is 5.75. The van der Waals surface area contributed by atoms with Crippen LogP contribution in [0.1, 0.15) is 20.3 Å². The Morgan fingerprint density at radius 1 is 1.55 bits per heavy atom. The molecule has 1 amide bonds. The van der Waals surface area contributed by atoms with Crippen molar-refractivity contribution >= 4 is 5.91 Å². The molecule has 0 aromatic heterocycles. The van der Waals surface area contributed by atoms with E-state index in [1.54, 1.807) is 7.11 Å². The average molecular weight is 159 g/mol. The van der Waals surface area contributed by atoms with Crippen LogP contribution >= 0.6 is 0 Å². The van der Waals surface area contributed by atoms with E-state index in [1.807, 2.05) is 13.8 Å². The van der Waals surface area contributed by atoms with Crippen LogP contribution in [0, 0.1) is 5.92 Å². The van der Waals surface area contributed by atoms with Gasteiger partial charge in [-0.15, -0.1) is 0 Å². The minimum atomic E-state index is 0.108. The van der Waals surface area contributed by atoms with E-state index < -0.39 is 0 Å². The van der Waals surface area contributed by atoms with Gasteiger partial charge in [0.25, 0.3) is 0 Å². The quantitative estimate of drug-likeness (QED) is 0.602. The third kappa shape index (κ3) is 7.33. The molecular weight excluding hydrogens is 142 g/mol. The molecule has 0 atom stereocenters. The molecule has 1 N–H and O–H groups in total. The summed E-state index contributed by atoms with van der Waals surface area (Å²) in [6.07, 6.45) is 0.601. The first-order valence-corrected chi connectivity index (χ1v) is 3.92. The van der Waals surface area contributed by atoms with E-state index in [4.69, 9.17) is 4.74 Å². The van der Waals surface area contributed by atoms with Gasteiger partial charge in [-0.1, -0.05) is 13.8 Å². The van der Waals surface area contributed by atoms with Gasteiger partial charge in [-0.05, 0) is 5.92 Å². The highest BCUT2D eigenvalue weighted by Gasteiger charge is 2.02. The molecule has 0 aromatic rings. The molecule has 0 saturated heterocycles. The van der Waals surface area contributed by atoms with Crippen LogP contribution < -0.4 is 5.32 Å². The van der Waals surface area contributed by atoms with Gasteiger partial charge in [-0.3, -0.25) is 4.79 Å². The molecule has 3 heteroatoms. The number of carbonyl (C=O) groups excluding carboxylic acids is 1. The fourth-order valence-electron chi connectivity index (χ4n) is 0.735. The lowest BCUT2D eigenvalue weighted by Crippen LogP contribution is -2.27. The predicted molar refractivity (Wildman–Crippen MR) is 44.3 cm³/mol. The third-order valence-electron chi connectivity index (χ3n) is 1.22. The van der Waals surface area contributed by atoms with E-state index in [0.717, 1.165) is 0 Å². The van der Waals surface area contributed by atoms with Crippen LogP contribution in [0.4, 0.5) is 0 Å². The summed E-state index contributed by atoms with van der Waals surface area (Å²) in [5.41, 5.74) is 0. The van der Waals surface area contributed by atoms with Gasteiger partial charge in [-0.2, -0.15) is 0 Å². The van der Waals surface area contributed by atoms with Crippen LogP contribution in [0.3, 0.4) is 0 Å². The maximum absolute atomic E-state index is 11.0. The first-order chi connectivity index (χ1) is 5.16. The number of rotatable bonds is 5. The molecule has 0 unspecified atom stereocenters. The molecule has 0 rings (SSSR count). The monoisotopic (exact) mass is 159 g/mol. The number of amides is 1. The summed E-state index contributed by atoms with van der Waals surface area (Å²) < 4.78 is 4.78. The van der Waals surface area contributed by atoms with Crippen molar-refractivity contribution in [1.29, 1.82) is 0 Å². The first-order valence-electron chi connectivity index (χ1n) is 3.92. The Kier molecular flexibility index (Phi) is 5.84. The Morgan fingerprint density at radius 3 is 2.64 bits per heavy atom. The van der Waals surface area contributed by atoms with Crippen LogP contribution in [0.5, 0.6) is 0 Å². The second-order valence-electron chi connectivity index (χ2n) is 2.94. The molecule has 0 bridgehead atoms. The molecular formula is C8H17NO2. The number of carbonyl (C=O) groups is 1. The molecule has 0 saturated carbocycles. The summed E-state index contributed by atoms with van der Waals surface area (Å²) in [4.78, 5) is 11.0. The van der Waals surface area contributed by atoms with Crippen LogP contribution in [0.2, 0.25) is 0 Å². The third-order valence-corrected chi connectivity index (χ3v) is 1.22. The van der Waals surface area contributed by atoms with Crippen molar-refractivity contribution < 1.29 is 9.53 Å². The molecule has 0 aliphatic carbocycles. The fourth-order valence-corrected chi connectivity index (χ4v) is 0.735. The largest absolute Gasteiger partial charge is 0.383 e. The smallest absolute Gasteiger partial charge is 0.220 e. The summed E-state index contributed by atoms with van der Waals surface area (Å²) in [5, 5.41) is 2.75. The molecule has 0 fully saturated rings. The number of ether oxygens (including phenoxy) is 1. The van der Waals surface area contributed by atoms with E-state index in [1.165, 1.54) is 0 Å². The van der Waals surface area contributed by atoms with E-state index in [0.29, 0.717) is 25.5 Å². The molecule has 3 nitrogen and oxygen atoms in total. The molecule has 0 aliphatic rings. The fraction of sp³-hybridized carbons (Fsp3) is 0.875. The van der Waals surface area contributed by atoms with Gasteiger partial charge in [-0.25, -0.2) is 0 Å². The molecule has 66 valence electrons. The Bertz CT molecular complexity index is 113. The number of nitrogens with one attached hydrogen (secondary N) is 1. The average Bonchev–Trinajstić information content (AvgIpc) is 1.86. The summed E-state index contributed by atoms with van der Waals surface area (Å²) in [7, 11) is 1.62. The lowest BCUT2D eigenvalue weighted by molar-refractivity contribution is -0.121. The van der Waals surface area contributed by atoms with Gasteiger partial charge < -0.3 is 10.1 Å². The zero-order valence-corrected chi connectivity index (χ0v) is 7.52. The highest BCUT2D eigenvalue weighted by Crippen LogP contribution is 1.97. The van der Waals surface area contributed by atoms with Crippen LogP contribution in [0.25, 0.3) is 0 Å². The zero-order valence-electron chi connectivity index (χ0n) is 7.52. The van der Waals surface area contributed by atoms with Crippen LogP contribution in [-0.4, -0.2) is 26.2 Å². The molecule has 0 radical (unpaired) electrons. The second-order valence-corrected chi connectivity index (χ2v) is 2.94. The molecule has 0 heterocycles. The van der Waals surface area contributed by atoms with Gasteiger partial charge in [0.15, 0.2) is 0 Å². The lowest BCUT2D eigenvalue weighted by atomic mass is 10.1. The number of hydrogen-bond acceptors (Lipinski definition) is 2. The molecule has 0 spiro atoms. The van der Waals surface area contributed by atoms with Crippen molar-refractivity contribution in [2.75, 3.05) is 20.3 Å². The van der Waals surface area contributed by atoms with Crippen molar-refractivity contribution in [1.82, 2.24) is 5.32 Å². The second kappa shape index (κ2) is 6.16. The Balaban J connectivity index is 3.23. The summed E-state index contributed by atoms with van der Waals surface area (Å²) in [6, 6.07) is 0. The Hall–Kier alpha value is -0.570. The molecule has 11 heavy (non-hydrogen) atoms. The van der Waals surface area contributed by atoms with Crippen molar-refractivity contribution in [3.8, 4) is 0 Å². The summed E-state index contributed by atoms with van der Waals surface area (Å²) in [6.45, 7) is 5.25. The molecule has 0 aliphatic heterocycles. The first kappa shape index (κ1) is 10.4. The van der Waals surface area contributed by atoms with Gasteiger partial charge in [0.1, 0.15) is 0 Å². The topological polar surface area (TPSA) is 38.3 Å². The lowest BCUT2D eigenvalue weighted by Gasteiger charge is -2.05. The summed E-state index contributed by atoms with van der Waals surface area (Å²) >= 11 is 0. The maximum Gasteiger partial charge on any atom is 0.220 e. The van der Waals surface area contributed by atoms with E-state index in [-0.39, 0.29) is 5.91 Å². The van der Waals surface area contributed by atoms with E-state index in [2.05, 4.69) is 5.32 Å². The zero-order chi connectivity index (χ0) is 8.69. The standard InChI is InChI=1S/C8H17NO2/c1-7(2)6-8(10)9-4-5-11-3/h7H,4-6H2,1-3H3,(H,9,10). The predicted octanol–water partition coefficient (Wildman–Crippen LogP) is 0.795. The summed E-state index contributed by atoms with van der Waals surface area (Å²) in [5.74, 6) is 0.537. The van der Waals surface area contributed by atoms with Crippen molar-refractivity contribution in [3.05, 3.63) is 0 Å². The normalized spacial score (nSPS) is 10.2. The van der Waals surface area contributed by atoms with Crippen LogP contribution in [0.15, 0.2) is 0 Å². The van der Waals surface area contributed by atoms with Crippen molar-refractivity contribution in [2.45, 2.75) is 20.3 Å². The highest BCUT2D eigenvalue weighted by atomic mass is 16.5. The minimum Gasteiger partial charge on any atom is -0.383 e. The van der Waals surface area contributed by atoms with Crippen LogP contribution in [-0.2, 0) is 9.53 Å². The maximum atomic E-state index is 11.0. The SMILES string of the molecule is COCCNC(=O)CC(C)C. The number of methoxy groups -OCH3 is 1. The number of hydrogen-bond donors (Lipinski definition) is 1. The Morgan fingerprint density at radius 2 is 2.18 bits per heavy atom. The Labute approximate surface area is 68.1 Å². The van der Waals surface area contributed by atoms with Gasteiger partial charge >= 0.3 is 0 Å². The minimum absolute atomic E-state index is 0.108. The molecule has 0 aromatic carbocycles. The van der Waals surface area contributed by atoms with Gasteiger partial charge in [0.2, 0.25) is 5.91 Å².